The second-order valence-electron chi connectivity index (χ2n) is 6.83. The Balaban J connectivity index is 1.63. The Morgan fingerprint density at radius 2 is 1.79 bits per heavy atom. The Morgan fingerprint density at radius 1 is 1.07 bits per heavy atom. The van der Waals surface area contributed by atoms with Gasteiger partial charge in [0.05, 0.1) is 12.4 Å². The van der Waals surface area contributed by atoms with Crippen LogP contribution in [0.2, 0.25) is 0 Å². The fraction of sp³-hybridized carbons (Fsp3) is 0.381. The molecule has 1 aliphatic rings. The molecule has 6 nitrogen and oxygen atoms in total. The quantitative estimate of drug-likeness (QED) is 0.767. The zero-order chi connectivity index (χ0) is 20.0. The predicted molar refractivity (Wildman–Crippen MR) is 110 cm³/mol. The zero-order valence-corrected chi connectivity index (χ0v) is 16.9. The van der Waals surface area contributed by atoms with E-state index < -0.39 is 10.0 Å². The average molecular weight is 403 g/mol. The molecule has 0 bridgehead atoms. The van der Waals surface area contributed by atoms with E-state index in [1.165, 1.54) is 0 Å². The Bertz CT molecular complexity index is 904. The zero-order valence-electron chi connectivity index (χ0n) is 16.1. The lowest BCUT2D eigenvalue weighted by Crippen LogP contribution is -2.36. The van der Waals surface area contributed by atoms with E-state index in [4.69, 9.17) is 4.74 Å². The number of anilines is 1. The molecule has 1 N–H and O–H groups in total. The van der Waals surface area contributed by atoms with E-state index in [0.29, 0.717) is 42.3 Å². The van der Waals surface area contributed by atoms with Crippen molar-refractivity contribution in [2.75, 3.05) is 25.0 Å². The van der Waals surface area contributed by atoms with Crippen LogP contribution in [0.15, 0.2) is 48.5 Å². The number of nitrogens with zero attached hydrogens (tertiary/aromatic N) is 1. The van der Waals surface area contributed by atoms with Gasteiger partial charge in [0.1, 0.15) is 5.75 Å². The topological polar surface area (TPSA) is 75.7 Å². The van der Waals surface area contributed by atoms with Crippen LogP contribution in [0, 0.1) is 0 Å². The van der Waals surface area contributed by atoms with E-state index in [-0.39, 0.29) is 11.7 Å². The molecule has 0 unspecified atom stereocenters. The molecule has 1 heterocycles. The van der Waals surface area contributed by atoms with Crippen molar-refractivity contribution in [2.45, 2.75) is 31.9 Å². The molecule has 2 aromatic rings. The third kappa shape index (κ3) is 5.33. The third-order valence-corrected chi connectivity index (χ3v) is 6.53. The van der Waals surface area contributed by atoms with Gasteiger partial charge >= 0.3 is 0 Å². The van der Waals surface area contributed by atoms with Gasteiger partial charge in [-0.1, -0.05) is 24.6 Å². The number of hydrogen-bond donors (Lipinski definition) is 1. The minimum atomic E-state index is -3.31. The van der Waals surface area contributed by atoms with Gasteiger partial charge in [0.15, 0.2) is 0 Å². The Labute approximate surface area is 166 Å². The third-order valence-electron chi connectivity index (χ3n) is 4.68. The SMILES string of the molecule is CCOc1cccc(NC(=O)c2ccc(CS(=O)(=O)N3CCCCC3)cc2)c1. The van der Waals surface area contributed by atoms with Crippen molar-refractivity contribution in [2.24, 2.45) is 0 Å². The predicted octanol–water partition coefficient (Wildman–Crippen LogP) is 3.65. The number of nitrogens with one attached hydrogen (secondary N) is 1. The summed E-state index contributed by atoms with van der Waals surface area (Å²) in [6, 6.07) is 13.9. The van der Waals surface area contributed by atoms with Crippen LogP contribution in [-0.4, -0.2) is 38.3 Å². The first kappa shape index (κ1) is 20.4. The molecule has 0 radical (unpaired) electrons. The largest absolute Gasteiger partial charge is 0.494 e. The summed E-state index contributed by atoms with van der Waals surface area (Å²) >= 11 is 0. The lowest BCUT2D eigenvalue weighted by Gasteiger charge is -2.25. The minimum Gasteiger partial charge on any atom is -0.494 e. The highest BCUT2D eigenvalue weighted by molar-refractivity contribution is 7.88. The molecule has 28 heavy (non-hydrogen) atoms. The first-order valence-electron chi connectivity index (χ1n) is 9.59. The molecule has 0 saturated carbocycles. The molecule has 150 valence electrons. The van der Waals surface area contributed by atoms with E-state index in [9.17, 15) is 13.2 Å². The highest BCUT2D eigenvalue weighted by Crippen LogP contribution is 2.20. The number of carbonyl (C=O) groups excluding carboxylic acids is 1. The normalized spacial score (nSPS) is 15.2. The van der Waals surface area contributed by atoms with Gasteiger partial charge in [-0.05, 0) is 49.6 Å². The summed E-state index contributed by atoms with van der Waals surface area (Å²) in [7, 11) is -3.31. The first-order chi connectivity index (χ1) is 13.5. The first-order valence-corrected chi connectivity index (χ1v) is 11.2. The number of amides is 1. The lowest BCUT2D eigenvalue weighted by molar-refractivity contribution is 0.102. The summed E-state index contributed by atoms with van der Waals surface area (Å²) in [5.41, 5.74) is 1.80. The highest BCUT2D eigenvalue weighted by Gasteiger charge is 2.24. The summed E-state index contributed by atoms with van der Waals surface area (Å²) in [6.07, 6.45) is 2.93. The van der Waals surface area contributed by atoms with Crippen molar-refractivity contribution in [1.29, 1.82) is 0 Å². The van der Waals surface area contributed by atoms with E-state index in [1.807, 2.05) is 19.1 Å². The number of piperidine rings is 1. The molecule has 2 aromatic carbocycles. The van der Waals surface area contributed by atoms with Gasteiger partial charge < -0.3 is 10.1 Å². The fourth-order valence-electron chi connectivity index (χ4n) is 3.23. The van der Waals surface area contributed by atoms with Crippen LogP contribution in [0.3, 0.4) is 0 Å². The van der Waals surface area contributed by atoms with Gasteiger partial charge in [-0.25, -0.2) is 12.7 Å². The number of benzene rings is 2. The molecule has 1 aliphatic heterocycles. The van der Waals surface area contributed by atoms with Gasteiger partial charge in [0.2, 0.25) is 10.0 Å². The van der Waals surface area contributed by atoms with Crippen LogP contribution in [0.4, 0.5) is 5.69 Å². The molecule has 3 rings (SSSR count). The Morgan fingerprint density at radius 3 is 2.46 bits per heavy atom. The molecule has 1 amide bonds. The number of ether oxygens (including phenoxy) is 1. The summed E-state index contributed by atoms with van der Waals surface area (Å²) in [5.74, 6) is 0.406. The van der Waals surface area contributed by atoms with Gasteiger partial charge in [0, 0.05) is 30.4 Å². The summed E-state index contributed by atoms with van der Waals surface area (Å²) < 4.78 is 32.1. The van der Waals surface area contributed by atoms with Crippen LogP contribution in [-0.2, 0) is 15.8 Å². The Hall–Kier alpha value is -2.38. The number of hydrogen-bond acceptors (Lipinski definition) is 4. The molecule has 1 fully saturated rings. The lowest BCUT2D eigenvalue weighted by atomic mass is 10.1. The molecule has 0 aliphatic carbocycles. The summed E-state index contributed by atoms with van der Waals surface area (Å²) in [5, 5.41) is 2.83. The number of rotatable bonds is 7. The highest BCUT2D eigenvalue weighted by atomic mass is 32.2. The molecule has 0 aromatic heterocycles. The number of sulfonamides is 1. The maximum Gasteiger partial charge on any atom is 0.255 e. The van der Waals surface area contributed by atoms with Crippen LogP contribution < -0.4 is 10.1 Å². The molecular formula is C21H26N2O4S. The molecular weight excluding hydrogens is 376 g/mol. The van der Waals surface area contributed by atoms with Gasteiger partial charge in [-0.3, -0.25) is 4.79 Å². The van der Waals surface area contributed by atoms with E-state index in [0.717, 1.165) is 19.3 Å². The maximum atomic E-state index is 12.5. The second kappa shape index (κ2) is 9.21. The number of carbonyl (C=O) groups is 1. The fourth-order valence-corrected chi connectivity index (χ4v) is 4.84. The molecule has 0 spiro atoms. The van der Waals surface area contributed by atoms with Crippen molar-refractivity contribution in [3.63, 3.8) is 0 Å². The molecule has 0 atom stereocenters. The van der Waals surface area contributed by atoms with Crippen LogP contribution in [0.1, 0.15) is 42.1 Å². The van der Waals surface area contributed by atoms with Crippen LogP contribution in [0.5, 0.6) is 5.75 Å². The van der Waals surface area contributed by atoms with Gasteiger partial charge in [0.25, 0.3) is 5.91 Å². The van der Waals surface area contributed by atoms with E-state index >= 15 is 0 Å². The summed E-state index contributed by atoms with van der Waals surface area (Å²) in [4.78, 5) is 12.4. The van der Waals surface area contributed by atoms with Gasteiger partial charge in [-0.2, -0.15) is 0 Å². The Kier molecular flexibility index (Phi) is 6.70. The van der Waals surface area contributed by atoms with Crippen molar-refractivity contribution < 1.29 is 17.9 Å². The van der Waals surface area contributed by atoms with Crippen LogP contribution in [0.25, 0.3) is 0 Å². The molecule has 1 saturated heterocycles. The second-order valence-corrected chi connectivity index (χ2v) is 8.80. The van der Waals surface area contributed by atoms with Crippen molar-refractivity contribution in [3.8, 4) is 5.75 Å². The van der Waals surface area contributed by atoms with E-state index in [2.05, 4.69) is 5.32 Å². The van der Waals surface area contributed by atoms with E-state index in [1.54, 1.807) is 40.7 Å². The van der Waals surface area contributed by atoms with Gasteiger partial charge in [-0.15, -0.1) is 0 Å². The summed E-state index contributed by atoms with van der Waals surface area (Å²) in [6.45, 7) is 3.66. The maximum absolute atomic E-state index is 12.5. The average Bonchev–Trinajstić information content (AvgIpc) is 2.69. The smallest absolute Gasteiger partial charge is 0.255 e. The molecule has 7 heteroatoms. The van der Waals surface area contributed by atoms with Crippen LogP contribution >= 0.6 is 0 Å². The monoisotopic (exact) mass is 402 g/mol. The van der Waals surface area contributed by atoms with Crippen molar-refractivity contribution >= 4 is 21.6 Å². The standard InChI is InChI=1S/C21H26N2O4S/c1-2-27-20-8-6-7-19(15-20)22-21(24)18-11-9-17(10-12-18)16-28(25,26)23-13-4-3-5-14-23/h6-12,15H,2-5,13-14,16H2,1H3,(H,22,24). The van der Waals surface area contributed by atoms with Crippen molar-refractivity contribution in [3.05, 3.63) is 59.7 Å². The minimum absolute atomic E-state index is 0.0364. The van der Waals surface area contributed by atoms with Crippen molar-refractivity contribution in [1.82, 2.24) is 4.31 Å².